The van der Waals surface area contributed by atoms with Gasteiger partial charge in [-0.1, -0.05) is 36.0 Å². The largest absolute Gasteiger partial charge is 0.441 e. The van der Waals surface area contributed by atoms with Crippen LogP contribution in [0.1, 0.15) is 16.2 Å². The van der Waals surface area contributed by atoms with E-state index in [1.54, 1.807) is 31.5 Å². The van der Waals surface area contributed by atoms with Crippen LogP contribution in [0.4, 0.5) is 5.69 Å². The number of amides is 1. The first-order valence-electron chi connectivity index (χ1n) is 8.58. The molecule has 7 heteroatoms. The Morgan fingerprint density at radius 2 is 1.75 bits per heavy atom. The van der Waals surface area contributed by atoms with E-state index in [0.717, 1.165) is 15.6 Å². The van der Waals surface area contributed by atoms with Crippen molar-refractivity contribution >= 4 is 23.4 Å². The molecule has 6 nitrogen and oxygen atoms in total. The third-order valence-electron chi connectivity index (χ3n) is 3.87. The zero-order chi connectivity index (χ0) is 19.3. The number of nitrogens with one attached hydrogen (secondary N) is 1. The highest BCUT2D eigenvalue weighted by Gasteiger charge is 2.18. The van der Waals surface area contributed by atoms with E-state index in [1.807, 2.05) is 48.5 Å². The van der Waals surface area contributed by atoms with Gasteiger partial charge < -0.3 is 9.73 Å². The third kappa shape index (κ3) is 4.10. The molecule has 0 aliphatic carbocycles. The Labute approximate surface area is 166 Å². The molecule has 0 atom stereocenters. The molecule has 1 aromatic carbocycles. The van der Waals surface area contributed by atoms with Crippen molar-refractivity contribution in [3.63, 3.8) is 0 Å². The van der Waals surface area contributed by atoms with E-state index in [4.69, 9.17) is 4.42 Å². The second-order valence-electron chi connectivity index (χ2n) is 5.90. The minimum Gasteiger partial charge on any atom is -0.441 e. The quantitative estimate of drug-likeness (QED) is 0.527. The Hall–Kier alpha value is -3.45. The van der Waals surface area contributed by atoms with Gasteiger partial charge >= 0.3 is 0 Å². The van der Waals surface area contributed by atoms with E-state index in [2.05, 4.69) is 20.3 Å². The summed E-state index contributed by atoms with van der Waals surface area (Å²) in [5.74, 6) is 0.557. The summed E-state index contributed by atoms with van der Waals surface area (Å²) in [5.41, 5.74) is 1.71. The predicted molar refractivity (Wildman–Crippen MR) is 107 cm³/mol. The first-order chi connectivity index (χ1) is 13.7. The SMILES string of the molecule is Cc1oc(-c2ccccc2)nc1C(=O)Nc1ccnc(Sc2ccccn2)c1. The second kappa shape index (κ2) is 8.06. The summed E-state index contributed by atoms with van der Waals surface area (Å²) >= 11 is 1.42. The molecule has 3 aromatic heterocycles. The van der Waals surface area contributed by atoms with Crippen molar-refractivity contribution in [1.29, 1.82) is 0 Å². The van der Waals surface area contributed by atoms with Crippen LogP contribution >= 0.6 is 11.8 Å². The average molecular weight is 388 g/mol. The Balaban J connectivity index is 1.51. The molecule has 3 heterocycles. The zero-order valence-electron chi connectivity index (χ0n) is 15.0. The summed E-state index contributed by atoms with van der Waals surface area (Å²) in [6, 6.07) is 18.7. The van der Waals surface area contributed by atoms with E-state index in [9.17, 15) is 4.79 Å². The van der Waals surface area contributed by atoms with Crippen LogP contribution in [-0.4, -0.2) is 20.9 Å². The van der Waals surface area contributed by atoms with Crippen molar-refractivity contribution in [1.82, 2.24) is 15.0 Å². The van der Waals surface area contributed by atoms with Gasteiger partial charge in [-0.25, -0.2) is 15.0 Å². The van der Waals surface area contributed by atoms with Crippen LogP contribution in [0.3, 0.4) is 0 Å². The van der Waals surface area contributed by atoms with Gasteiger partial charge in [0.2, 0.25) is 5.89 Å². The van der Waals surface area contributed by atoms with Crippen LogP contribution in [0.5, 0.6) is 0 Å². The summed E-state index contributed by atoms with van der Waals surface area (Å²) < 4.78 is 5.67. The third-order valence-corrected chi connectivity index (χ3v) is 4.76. The maximum absolute atomic E-state index is 12.7. The van der Waals surface area contributed by atoms with Crippen LogP contribution in [0, 0.1) is 6.92 Å². The lowest BCUT2D eigenvalue weighted by molar-refractivity contribution is 0.102. The number of pyridine rings is 2. The summed E-state index contributed by atoms with van der Waals surface area (Å²) in [6.07, 6.45) is 3.37. The number of hydrogen-bond acceptors (Lipinski definition) is 6. The normalized spacial score (nSPS) is 10.6. The lowest BCUT2D eigenvalue weighted by atomic mass is 10.2. The maximum atomic E-state index is 12.7. The number of carbonyl (C=O) groups is 1. The summed E-state index contributed by atoms with van der Waals surface area (Å²) in [7, 11) is 0. The standard InChI is InChI=1S/C21H16N4O2S/c1-14-19(25-21(27-14)15-7-3-2-4-8-15)20(26)24-16-10-12-23-18(13-16)28-17-9-5-6-11-22-17/h2-13H,1H3,(H,23,24,26). The number of aromatic nitrogens is 3. The van der Waals surface area contributed by atoms with Gasteiger partial charge in [0, 0.05) is 23.6 Å². The minimum atomic E-state index is -0.330. The molecule has 0 aliphatic rings. The average Bonchev–Trinajstić information content (AvgIpc) is 3.12. The van der Waals surface area contributed by atoms with Gasteiger partial charge in [-0.05, 0) is 43.3 Å². The molecule has 0 unspecified atom stereocenters. The van der Waals surface area contributed by atoms with Crippen molar-refractivity contribution in [2.45, 2.75) is 17.0 Å². The molecule has 1 amide bonds. The van der Waals surface area contributed by atoms with E-state index in [-0.39, 0.29) is 11.6 Å². The molecule has 0 aliphatic heterocycles. The van der Waals surface area contributed by atoms with Gasteiger partial charge in [0.15, 0.2) is 5.69 Å². The molecule has 4 aromatic rings. The maximum Gasteiger partial charge on any atom is 0.277 e. The fraction of sp³-hybridized carbons (Fsp3) is 0.0476. The number of nitrogens with zero attached hydrogens (tertiary/aromatic N) is 3. The molecular weight excluding hydrogens is 372 g/mol. The number of aryl methyl sites for hydroxylation is 1. The molecule has 0 fully saturated rings. The Morgan fingerprint density at radius 3 is 2.54 bits per heavy atom. The van der Waals surface area contributed by atoms with Gasteiger partial charge in [-0.2, -0.15) is 0 Å². The van der Waals surface area contributed by atoms with E-state index in [0.29, 0.717) is 17.3 Å². The van der Waals surface area contributed by atoms with Crippen molar-refractivity contribution in [3.8, 4) is 11.5 Å². The number of rotatable bonds is 5. The molecule has 0 spiro atoms. The van der Waals surface area contributed by atoms with E-state index in [1.165, 1.54) is 11.8 Å². The van der Waals surface area contributed by atoms with E-state index < -0.39 is 0 Å². The topological polar surface area (TPSA) is 80.9 Å². The smallest absolute Gasteiger partial charge is 0.277 e. The highest BCUT2D eigenvalue weighted by molar-refractivity contribution is 7.99. The highest BCUT2D eigenvalue weighted by atomic mass is 32.2. The Kier molecular flexibility index (Phi) is 5.16. The number of benzene rings is 1. The van der Waals surface area contributed by atoms with Crippen LogP contribution in [-0.2, 0) is 0 Å². The predicted octanol–water partition coefficient (Wildman–Crippen LogP) is 4.84. The molecule has 0 radical (unpaired) electrons. The van der Waals surface area contributed by atoms with Crippen molar-refractivity contribution in [3.05, 3.63) is 84.5 Å². The number of oxazole rings is 1. The molecular formula is C21H16N4O2S. The van der Waals surface area contributed by atoms with Gasteiger partial charge in [0.05, 0.1) is 0 Å². The number of anilines is 1. The first kappa shape index (κ1) is 17.9. The molecule has 138 valence electrons. The zero-order valence-corrected chi connectivity index (χ0v) is 15.8. The van der Waals surface area contributed by atoms with Crippen LogP contribution in [0.15, 0.2) is 87.5 Å². The second-order valence-corrected chi connectivity index (χ2v) is 6.94. The fourth-order valence-electron chi connectivity index (χ4n) is 2.56. The first-order valence-corrected chi connectivity index (χ1v) is 9.40. The van der Waals surface area contributed by atoms with Gasteiger partial charge in [-0.3, -0.25) is 4.79 Å². The van der Waals surface area contributed by atoms with Gasteiger partial charge in [0.1, 0.15) is 15.8 Å². The molecule has 4 rings (SSSR count). The van der Waals surface area contributed by atoms with Crippen molar-refractivity contribution < 1.29 is 9.21 Å². The molecule has 0 saturated heterocycles. The molecule has 0 saturated carbocycles. The van der Waals surface area contributed by atoms with Gasteiger partial charge in [0.25, 0.3) is 5.91 Å². The summed E-state index contributed by atoms with van der Waals surface area (Å²) in [4.78, 5) is 25.6. The van der Waals surface area contributed by atoms with Crippen LogP contribution in [0.25, 0.3) is 11.5 Å². The monoisotopic (exact) mass is 388 g/mol. The summed E-state index contributed by atoms with van der Waals surface area (Å²) in [6.45, 7) is 1.73. The number of hydrogen-bond donors (Lipinski definition) is 1. The lowest BCUT2D eigenvalue weighted by Crippen LogP contribution is -2.13. The minimum absolute atomic E-state index is 0.259. The van der Waals surface area contributed by atoms with E-state index >= 15 is 0 Å². The Morgan fingerprint density at radius 1 is 0.964 bits per heavy atom. The van der Waals surface area contributed by atoms with Crippen LogP contribution < -0.4 is 5.32 Å². The fourth-order valence-corrected chi connectivity index (χ4v) is 3.33. The lowest BCUT2D eigenvalue weighted by Gasteiger charge is -2.05. The van der Waals surface area contributed by atoms with Crippen LogP contribution in [0.2, 0.25) is 0 Å². The van der Waals surface area contributed by atoms with Crippen molar-refractivity contribution in [2.24, 2.45) is 0 Å². The molecule has 28 heavy (non-hydrogen) atoms. The van der Waals surface area contributed by atoms with Crippen molar-refractivity contribution in [2.75, 3.05) is 5.32 Å². The number of carbonyl (C=O) groups excluding carboxylic acids is 1. The molecule has 1 N–H and O–H groups in total. The summed E-state index contributed by atoms with van der Waals surface area (Å²) in [5, 5.41) is 4.42. The Bertz CT molecular complexity index is 1100. The van der Waals surface area contributed by atoms with Gasteiger partial charge in [-0.15, -0.1) is 0 Å². The highest BCUT2D eigenvalue weighted by Crippen LogP contribution is 2.26. The molecule has 0 bridgehead atoms.